The third kappa shape index (κ3) is 1.09. The van der Waals surface area contributed by atoms with Gasteiger partial charge in [-0.05, 0) is 27.9 Å². The van der Waals surface area contributed by atoms with Crippen LogP contribution < -0.4 is 0 Å². The lowest BCUT2D eigenvalue weighted by Gasteiger charge is -2.31. The molecular weight excluding hydrogens is 132 g/mol. The van der Waals surface area contributed by atoms with Crippen molar-refractivity contribution in [2.45, 2.75) is 19.5 Å². The molecule has 0 aromatic carbocycles. The Balaban J connectivity index is 2.66. The quantitative estimate of drug-likeness (QED) is 0.474. The normalized spacial score (nSPS) is 29.3. The first-order valence-electron chi connectivity index (χ1n) is 3.13. The Morgan fingerprint density at radius 1 is 1.33 bits per heavy atom. The summed E-state index contributed by atoms with van der Waals surface area (Å²) in [6.45, 7) is 4.46. The first-order chi connectivity index (χ1) is 4.05. The molecule has 0 spiro atoms. The third-order valence-electron chi connectivity index (χ3n) is 2.15. The second-order valence-corrected chi connectivity index (χ2v) is 4.01. The van der Waals surface area contributed by atoms with E-state index in [9.17, 15) is 0 Å². The molecule has 0 atom stereocenters. The summed E-state index contributed by atoms with van der Waals surface area (Å²) in [7, 11) is 4.28. The van der Waals surface area contributed by atoms with Crippen molar-refractivity contribution in [3.05, 3.63) is 0 Å². The van der Waals surface area contributed by atoms with Gasteiger partial charge in [0.1, 0.15) is 0 Å². The monoisotopic (exact) mass is 146 g/mol. The van der Waals surface area contributed by atoms with E-state index >= 15 is 0 Å². The van der Waals surface area contributed by atoms with Gasteiger partial charge >= 0.3 is 0 Å². The van der Waals surface area contributed by atoms with Gasteiger partial charge in [-0.15, -0.1) is 0 Å². The van der Waals surface area contributed by atoms with Crippen LogP contribution in [-0.4, -0.2) is 34.8 Å². The molecule has 1 heterocycles. The van der Waals surface area contributed by atoms with Crippen molar-refractivity contribution in [3.63, 3.8) is 0 Å². The SMILES string of the molecule is CN1CSN(C)C1(C)C. The van der Waals surface area contributed by atoms with Gasteiger partial charge in [0.2, 0.25) is 0 Å². The van der Waals surface area contributed by atoms with Crippen LogP contribution >= 0.6 is 11.9 Å². The van der Waals surface area contributed by atoms with E-state index in [0.717, 1.165) is 5.88 Å². The van der Waals surface area contributed by atoms with Crippen molar-refractivity contribution in [1.82, 2.24) is 9.21 Å². The summed E-state index contributed by atoms with van der Waals surface area (Å²) < 4.78 is 2.28. The molecule has 0 N–H and O–H groups in total. The van der Waals surface area contributed by atoms with Gasteiger partial charge in [0.25, 0.3) is 0 Å². The van der Waals surface area contributed by atoms with Gasteiger partial charge in [0.15, 0.2) is 0 Å². The lowest BCUT2D eigenvalue weighted by Crippen LogP contribution is -2.43. The Kier molecular flexibility index (Phi) is 1.76. The van der Waals surface area contributed by atoms with Crippen LogP contribution in [0.4, 0.5) is 0 Å². The first-order valence-corrected chi connectivity index (χ1v) is 4.07. The molecule has 1 rings (SSSR count). The molecule has 0 aromatic rings. The molecule has 0 amide bonds. The molecule has 0 bridgehead atoms. The molecule has 0 unspecified atom stereocenters. The number of hydrogen-bond donors (Lipinski definition) is 0. The van der Waals surface area contributed by atoms with Gasteiger partial charge in [-0.25, -0.2) is 4.31 Å². The maximum absolute atomic E-state index is 2.33. The van der Waals surface area contributed by atoms with Crippen molar-refractivity contribution in [2.75, 3.05) is 20.0 Å². The van der Waals surface area contributed by atoms with Crippen LogP contribution in [0.1, 0.15) is 13.8 Å². The van der Waals surface area contributed by atoms with Crippen LogP contribution in [0.3, 0.4) is 0 Å². The standard InChI is InChI=1S/C6H14N2S/c1-6(2)7(3)5-9-8(6)4/h5H2,1-4H3. The second kappa shape index (κ2) is 2.15. The van der Waals surface area contributed by atoms with Crippen molar-refractivity contribution in [1.29, 1.82) is 0 Å². The van der Waals surface area contributed by atoms with Crippen molar-refractivity contribution >= 4 is 11.9 Å². The molecule has 1 aliphatic rings. The summed E-state index contributed by atoms with van der Waals surface area (Å²) in [4.78, 5) is 2.33. The first kappa shape index (κ1) is 7.38. The van der Waals surface area contributed by atoms with Crippen LogP contribution in [0.15, 0.2) is 0 Å². The van der Waals surface area contributed by atoms with Crippen LogP contribution in [0.5, 0.6) is 0 Å². The van der Waals surface area contributed by atoms with Gasteiger partial charge < -0.3 is 0 Å². The third-order valence-corrected chi connectivity index (χ3v) is 3.49. The lowest BCUT2D eigenvalue weighted by atomic mass is 10.2. The van der Waals surface area contributed by atoms with Crippen molar-refractivity contribution < 1.29 is 0 Å². The fraction of sp³-hybridized carbons (Fsp3) is 1.00. The number of hydrogen-bond acceptors (Lipinski definition) is 3. The van der Waals surface area contributed by atoms with Crippen LogP contribution in [-0.2, 0) is 0 Å². The molecule has 1 fully saturated rings. The van der Waals surface area contributed by atoms with Crippen molar-refractivity contribution in [2.24, 2.45) is 0 Å². The highest BCUT2D eigenvalue weighted by atomic mass is 32.2. The number of rotatable bonds is 0. The molecule has 0 aliphatic carbocycles. The summed E-state index contributed by atoms with van der Waals surface area (Å²) in [6, 6.07) is 0. The average Bonchev–Trinajstić information content (AvgIpc) is 1.96. The smallest absolute Gasteiger partial charge is 0.0778 e. The molecule has 1 saturated heterocycles. The van der Waals surface area contributed by atoms with Crippen LogP contribution in [0.25, 0.3) is 0 Å². The maximum atomic E-state index is 2.33. The summed E-state index contributed by atoms with van der Waals surface area (Å²) in [5, 5.41) is 0. The minimum atomic E-state index is 0.241. The summed E-state index contributed by atoms with van der Waals surface area (Å²) >= 11 is 1.87. The predicted octanol–water partition coefficient (Wildman–Crippen LogP) is 1.21. The van der Waals surface area contributed by atoms with E-state index in [2.05, 4.69) is 37.1 Å². The molecule has 2 nitrogen and oxygen atoms in total. The number of nitrogens with zero attached hydrogens (tertiary/aromatic N) is 2. The van der Waals surface area contributed by atoms with E-state index in [1.807, 2.05) is 11.9 Å². The zero-order valence-corrected chi connectivity index (χ0v) is 7.33. The van der Waals surface area contributed by atoms with Gasteiger partial charge in [0.05, 0.1) is 11.5 Å². The second-order valence-electron chi connectivity index (χ2n) is 2.95. The molecule has 3 heteroatoms. The Morgan fingerprint density at radius 2 is 1.89 bits per heavy atom. The van der Waals surface area contributed by atoms with E-state index in [0.29, 0.717) is 0 Å². The molecular formula is C6H14N2S. The Hall–Kier alpha value is 0.270. The predicted molar refractivity (Wildman–Crippen MR) is 42.1 cm³/mol. The van der Waals surface area contributed by atoms with Gasteiger partial charge in [0, 0.05) is 0 Å². The Morgan fingerprint density at radius 3 is 2.00 bits per heavy atom. The van der Waals surface area contributed by atoms with Crippen LogP contribution in [0.2, 0.25) is 0 Å². The molecule has 1 aliphatic heterocycles. The summed E-state index contributed by atoms with van der Waals surface area (Å²) in [5.41, 5.74) is 0.241. The largest absolute Gasteiger partial charge is 0.278 e. The van der Waals surface area contributed by atoms with Crippen LogP contribution in [0, 0.1) is 0 Å². The van der Waals surface area contributed by atoms with Crippen molar-refractivity contribution in [3.8, 4) is 0 Å². The molecule has 0 saturated carbocycles. The Labute approximate surface area is 61.3 Å². The zero-order chi connectivity index (χ0) is 7.07. The van der Waals surface area contributed by atoms with E-state index in [1.54, 1.807) is 0 Å². The van der Waals surface area contributed by atoms with E-state index in [-0.39, 0.29) is 5.66 Å². The average molecular weight is 146 g/mol. The zero-order valence-electron chi connectivity index (χ0n) is 6.51. The highest BCUT2D eigenvalue weighted by Crippen LogP contribution is 2.32. The fourth-order valence-corrected chi connectivity index (χ4v) is 1.85. The van der Waals surface area contributed by atoms with E-state index in [1.165, 1.54) is 0 Å². The van der Waals surface area contributed by atoms with E-state index < -0.39 is 0 Å². The lowest BCUT2D eigenvalue weighted by molar-refractivity contribution is 0.110. The van der Waals surface area contributed by atoms with Gasteiger partial charge in [-0.1, -0.05) is 11.9 Å². The molecule has 0 aromatic heterocycles. The topological polar surface area (TPSA) is 6.48 Å². The highest BCUT2D eigenvalue weighted by Gasteiger charge is 2.34. The molecule has 0 radical (unpaired) electrons. The fourth-order valence-electron chi connectivity index (χ4n) is 0.730. The highest BCUT2D eigenvalue weighted by molar-refractivity contribution is 7.97. The molecule has 9 heavy (non-hydrogen) atoms. The molecule has 54 valence electrons. The minimum Gasteiger partial charge on any atom is -0.278 e. The van der Waals surface area contributed by atoms with Gasteiger partial charge in [-0.2, -0.15) is 0 Å². The summed E-state index contributed by atoms with van der Waals surface area (Å²) in [6.07, 6.45) is 0. The minimum absolute atomic E-state index is 0.241. The Bertz CT molecular complexity index is 102. The van der Waals surface area contributed by atoms with E-state index in [4.69, 9.17) is 0 Å². The maximum Gasteiger partial charge on any atom is 0.0778 e. The summed E-state index contributed by atoms with van der Waals surface area (Å²) in [5.74, 6) is 1.11. The van der Waals surface area contributed by atoms with Gasteiger partial charge in [-0.3, -0.25) is 4.90 Å².